The van der Waals surface area contributed by atoms with Gasteiger partial charge < -0.3 is 5.73 Å². The van der Waals surface area contributed by atoms with Crippen molar-refractivity contribution in [3.8, 4) is 10.4 Å². The van der Waals surface area contributed by atoms with E-state index in [-0.39, 0.29) is 0 Å². The Morgan fingerprint density at radius 3 is 2.27 bits per heavy atom. The number of thiazole rings is 1. The van der Waals surface area contributed by atoms with Gasteiger partial charge in [0.25, 0.3) is 0 Å². The molecule has 1 aromatic heterocycles. The van der Waals surface area contributed by atoms with Crippen LogP contribution in [0.4, 0.5) is 5.13 Å². The molecular weight excluding hydrogens is 272 g/mol. The van der Waals surface area contributed by atoms with E-state index in [1.807, 2.05) is 38.1 Å². The average molecular weight is 285 g/mol. The molecule has 0 fully saturated rings. The predicted octanol–water partition coefficient (Wildman–Crippen LogP) is 4.18. The Labute approximate surface area is 102 Å². The number of nitrogens with two attached hydrogens (primary N) is 1. The number of aromatic nitrogens is 1. The van der Waals surface area contributed by atoms with Gasteiger partial charge >= 0.3 is 0 Å². The van der Waals surface area contributed by atoms with E-state index in [0.717, 1.165) is 14.9 Å². The summed E-state index contributed by atoms with van der Waals surface area (Å²) in [5.74, 6) is 0. The van der Waals surface area contributed by atoms with Crippen LogP contribution in [0.15, 0.2) is 34.9 Å². The molecule has 4 heteroatoms. The fourth-order valence-corrected chi connectivity index (χ4v) is 1.99. The van der Waals surface area contributed by atoms with Crippen LogP contribution in [0.1, 0.15) is 13.8 Å². The molecule has 2 N–H and O–H groups in total. The highest BCUT2D eigenvalue weighted by molar-refractivity contribution is 9.10. The highest BCUT2D eigenvalue weighted by atomic mass is 79.9. The monoisotopic (exact) mass is 284 g/mol. The molecule has 80 valence electrons. The minimum absolute atomic E-state index is 0.609. The highest BCUT2D eigenvalue weighted by Crippen LogP contribution is 2.27. The summed E-state index contributed by atoms with van der Waals surface area (Å²) in [4.78, 5) is 5.10. The average Bonchev–Trinajstić information content (AvgIpc) is 2.69. The fraction of sp³-hybridized carbons (Fsp3) is 0.182. The van der Waals surface area contributed by atoms with E-state index in [9.17, 15) is 0 Å². The van der Waals surface area contributed by atoms with Crippen LogP contribution in [0.25, 0.3) is 10.4 Å². The number of hydrogen-bond acceptors (Lipinski definition) is 3. The van der Waals surface area contributed by atoms with Gasteiger partial charge in [0.05, 0.1) is 4.88 Å². The van der Waals surface area contributed by atoms with E-state index in [2.05, 4.69) is 20.9 Å². The second-order valence-corrected chi connectivity index (χ2v) is 4.55. The maximum absolute atomic E-state index is 5.54. The summed E-state index contributed by atoms with van der Waals surface area (Å²) in [5.41, 5.74) is 6.69. The molecule has 1 aromatic carbocycles. The summed E-state index contributed by atoms with van der Waals surface area (Å²) >= 11 is 4.88. The molecule has 0 unspecified atom stereocenters. The summed E-state index contributed by atoms with van der Waals surface area (Å²) < 4.78 is 1.08. The van der Waals surface area contributed by atoms with Crippen molar-refractivity contribution >= 4 is 32.4 Å². The van der Waals surface area contributed by atoms with Crippen molar-refractivity contribution in [3.05, 3.63) is 34.9 Å². The highest BCUT2D eigenvalue weighted by Gasteiger charge is 2.00. The molecule has 0 aliphatic rings. The van der Waals surface area contributed by atoms with Crippen molar-refractivity contribution in [3.63, 3.8) is 0 Å². The molecule has 2 nitrogen and oxygen atoms in total. The van der Waals surface area contributed by atoms with Crippen LogP contribution >= 0.6 is 27.3 Å². The van der Waals surface area contributed by atoms with Gasteiger partial charge in [0, 0.05) is 10.7 Å². The lowest BCUT2D eigenvalue weighted by Gasteiger charge is -1.95. The molecular formula is C11H13BrN2S. The molecule has 0 amide bonds. The number of nitrogens with zero attached hydrogens (tertiary/aromatic N) is 1. The molecule has 0 aliphatic heterocycles. The number of anilines is 1. The predicted molar refractivity (Wildman–Crippen MR) is 71.0 cm³/mol. The Morgan fingerprint density at radius 2 is 1.80 bits per heavy atom. The minimum Gasteiger partial charge on any atom is -0.375 e. The van der Waals surface area contributed by atoms with Crippen LogP contribution in [-0.4, -0.2) is 4.98 Å². The van der Waals surface area contributed by atoms with Crippen molar-refractivity contribution in [1.29, 1.82) is 0 Å². The van der Waals surface area contributed by atoms with Crippen molar-refractivity contribution in [2.45, 2.75) is 13.8 Å². The lowest BCUT2D eigenvalue weighted by Crippen LogP contribution is -1.77. The maximum Gasteiger partial charge on any atom is 0.180 e. The summed E-state index contributed by atoms with van der Waals surface area (Å²) in [6, 6.07) is 8.09. The van der Waals surface area contributed by atoms with E-state index in [1.54, 1.807) is 6.20 Å². The fourth-order valence-electron chi connectivity index (χ4n) is 1.04. The zero-order valence-electron chi connectivity index (χ0n) is 8.70. The molecule has 0 aliphatic carbocycles. The van der Waals surface area contributed by atoms with Gasteiger partial charge in [0.2, 0.25) is 0 Å². The molecule has 0 radical (unpaired) electrons. The Hall–Kier alpha value is -0.870. The van der Waals surface area contributed by atoms with Crippen LogP contribution in [0.2, 0.25) is 0 Å². The van der Waals surface area contributed by atoms with Crippen LogP contribution in [0.3, 0.4) is 0 Å². The van der Waals surface area contributed by atoms with Crippen molar-refractivity contribution in [1.82, 2.24) is 4.98 Å². The first-order valence-electron chi connectivity index (χ1n) is 4.73. The Balaban J connectivity index is 0.000000531. The molecule has 2 aromatic rings. The zero-order valence-corrected chi connectivity index (χ0v) is 11.1. The summed E-state index contributed by atoms with van der Waals surface area (Å²) in [5, 5.41) is 0.609. The molecule has 2 rings (SSSR count). The van der Waals surface area contributed by atoms with Crippen LogP contribution in [-0.2, 0) is 0 Å². The molecule has 0 spiro atoms. The lowest BCUT2D eigenvalue weighted by atomic mass is 10.2. The Morgan fingerprint density at radius 1 is 1.20 bits per heavy atom. The first-order chi connectivity index (χ1) is 7.25. The van der Waals surface area contributed by atoms with Crippen LogP contribution in [0, 0.1) is 0 Å². The van der Waals surface area contributed by atoms with Gasteiger partial charge in [0.15, 0.2) is 5.13 Å². The Bertz CT molecular complexity index is 409. The minimum atomic E-state index is 0.609. The van der Waals surface area contributed by atoms with Gasteiger partial charge in [-0.05, 0) is 17.7 Å². The second-order valence-electron chi connectivity index (χ2n) is 2.57. The third-order valence-corrected chi connectivity index (χ3v) is 3.06. The number of rotatable bonds is 1. The van der Waals surface area contributed by atoms with Crippen molar-refractivity contribution < 1.29 is 0 Å². The van der Waals surface area contributed by atoms with E-state index in [0.29, 0.717) is 5.13 Å². The van der Waals surface area contributed by atoms with E-state index in [4.69, 9.17) is 5.73 Å². The number of hydrogen-bond donors (Lipinski definition) is 1. The SMILES string of the molecule is CC.Nc1ncc(-c2ccc(Br)cc2)s1. The first kappa shape index (κ1) is 12.2. The van der Waals surface area contributed by atoms with Gasteiger partial charge in [-0.3, -0.25) is 0 Å². The topological polar surface area (TPSA) is 38.9 Å². The number of halogens is 1. The molecule has 15 heavy (non-hydrogen) atoms. The van der Waals surface area contributed by atoms with E-state index < -0.39 is 0 Å². The van der Waals surface area contributed by atoms with E-state index in [1.165, 1.54) is 11.3 Å². The van der Waals surface area contributed by atoms with Crippen molar-refractivity contribution in [2.24, 2.45) is 0 Å². The summed E-state index contributed by atoms with van der Waals surface area (Å²) in [7, 11) is 0. The van der Waals surface area contributed by atoms with Gasteiger partial charge in [-0.25, -0.2) is 4.98 Å². The zero-order chi connectivity index (χ0) is 11.3. The van der Waals surface area contributed by atoms with Gasteiger partial charge in [-0.1, -0.05) is 53.2 Å². The molecule has 1 heterocycles. The van der Waals surface area contributed by atoms with Crippen LogP contribution < -0.4 is 5.73 Å². The largest absolute Gasteiger partial charge is 0.375 e. The normalized spacial score (nSPS) is 9.27. The second kappa shape index (κ2) is 5.88. The maximum atomic E-state index is 5.54. The summed E-state index contributed by atoms with van der Waals surface area (Å²) in [6.45, 7) is 4.00. The van der Waals surface area contributed by atoms with Gasteiger partial charge in [-0.15, -0.1) is 0 Å². The molecule has 0 saturated heterocycles. The number of benzene rings is 1. The standard InChI is InChI=1S/C9H7BrN2S.C2H6/c10-7-3-1-6(2-4-7)8-5-12-9(11)13-8;1-2/h1-5H,(H2,11,12);1-2H3. The first-order valence-corrected chi connectivity index (χ1v) is 6.34. The third kappa shape index (κ3) is 3.32. The molecule has 0 bridgehead atoms. The third-order valence-electron chi connectivity index (χ3n) is 1.65. The summed E-state index contributed by atoms with van der Waals surface area (Å²) in [6.07, 6.45) is 1.79. The van der Waals surface area contributed by atoms with Gasteiger partial charge in [0.1, 0.15) is 0 Å². The molecule has 0 saturated carbocycles. The van der Waals surface area contributed by atoms with E-state index >= 15 is 0 Å². The quantitative estimate of drug-likeness (QED) is 0.853. The smallest absolute Gasteiger partial charge is 0.180 e. The Kier molecular flexibility index (Phi) is 4.78. The van der Waals surface area contributed by atoms with Crippen molar-refractivity contribution in [2.75, 3.05) is 5.73 Å². The lowest BCUT2D eigenvalue weighted by molar-refractivity contribution is 1.42. The number of nitrogen functional groups attached to an aromatic ring is 1. The van der Waals surface area contributed by atoms with Crippen LogP contribution in [0.5, 0.6) is 0 Å². The molecule has 0 atom stereocenters. The van der Waals surface area contributed by atoms with Gasteiger partial charge in [-0.2, -0.15) is 0 Å².